The summed E-state index contributed by atoms with van der Waals surface area (Å²) in [6.07, 6.45) is 10.3. The van der Waals surface area contributed by atoms with Gasteiger partial charge in [-0.1, -0.05) is 12.1 Å². The van der Waals surface area contributed by atoms with E-state index in [9.17, 15) is 4.79 Å². The van der Waals surface area contributed by atoms with Gasteiger partial charge in [-0.15, -0.1) is 0 Å². The van der Waals surface area contributed by atoms with Crippen molar-refractivity contribution in [1.29, 1.82) is 0 Å². The third-order valence-electron chi connectivity index (χ3n) is 6.55. The molecule has 4 heteroatoms. The Morgan fingerprint density at radius 2 is 1.79 bits per heavy atom. The average molecular weight is 323 g/mol. The third kappa shape index (κ3) is 2.43. The summed E-state index contributed by atoms with van der Waals surface area (Å²) in [6.45, 7) is 0.707. The van der Waals surface area contributed by atoms with Crippen LogP contribution in [0.1, 0.15) is 44.9 Å². The quantitative estimate of drug-likeness (QED) is 0.936. The van der Waals surface area contributed by atoms with Gasteiger partial charge in [0.05, 0.1) is 17.4 Å². The summed E-state index contributed by atoms with van der Waals surface area (Å²) in [6, 6.07) is 8.11. The van der Waals surface area contributed by atoms with Crippen LogP contribution in [0.5, 0.6) is 0 Å². The van der Waals surface area contributed by atoms with Crippen LogP contribution in [0.25, 0.3) is 11.0 Å². The Bertz CT molecular complexity index is 743. The van der Waals surface area contributed by atoms with Crippen molar-refractivity contribution in [3.05, 3.63) is 30.6 Å². The van der Waals surface area contributed by atoms with Gasteiger partial charge in [0.15, 0.2) is 0 Å². The smallest absolute Gasteiger partial charge is 0.222 e. The summed E-state index contributed by atoms with van der Waals surface area (Å²) in [5.41, 5.74) is 2.24. The SMILES string of the molecule is O=C(CCn1cnc2ccccc21)NC12CC3CC(CC(C3)C1)C2. The lowest BCUT2D eigenvalue weighted by Crippen LogP contribution is -2.59. The number of aryl methyl sites for hydroxylation is 1. The predicted octanol–water partition coefficient (Wildman–Crippen LogP) is 3.51. The molecule has 0 aliphatic heterocycles. The van der Waals surface area contributed by atoms with E-state index in [1.165, 1.54) is 38.5 Å². The molecule has 0 atom stereocenters. The van der Waals surface area contributed by atoms with E-state index in [-0.39, 0.29) is 11.4 Å². The van der Waals surface area contributed by atoms with Gasteiger partial charge in [-0.3, -0.25) is 4.79 Å². The summed E-state index contributed by atoms with van der Waals surface area (Å²) >= 11 is 0. The van der Waals surface area contributed by atoms with Gasteiger partial charge in [-0.25, -0.2) is 4.98 Å². The number of para-hydroxylation sites is 2. The number of carbonyl (C=O) groups excluding carboxylic acids is 1. The normalized spacial score (nSPS) is 33.9. The molecule has 2 aromatic rings. The van der Waals surface area contributed by atoms with Crippen molar-refractivity contribution in [3.8, 4) is 0 Å². The molecule has 0 saturated heterocycles. The number of hydrogen-bond acceptors (Lipinski definition) is 2. The second-order valence-electron chi connectivity index (χ2n) is 8.42. The van der Waals surface area contributed by atoms with Gasteiger partial charge in [0.25, 0.3) is 0 Å². The molecule has 4 fully saturated rings. The molecule has 24 heavy (non-hydrogen) atoms. The molecule has 1 aromatic heterocycles. The fraction of sp³-hybridized carbons (Fsp3) is 0.600. The van der Waals surface area contributed by atoms with E-state index in [1.807, 2.05) is 24.5 Å². The van der Waals surface area contributed by atoms with Crippen LogP contribution in [-0.2, 0) is 11.3 Å². The zero-order valence-corrected chi connectivity index (χ0v) is 14.1. The fourth-order valence-corrected chi connectivity index (χ4v) is 6.03. The van der Waals surface area contributed by atoms with E-state index in [0.29, 0.717) is 13.0 Å². The van der Waals surface area contributed by atoms with Crippen LogP contribution in [0, 0.1) is 17.8 Å². The Morgan fingerprint density at radius 1 is 1.12 bits per heavy atom. The maximum Gasteiger partial charge on any atom is 0.222 e. The Hall–Kier alpha value is -1.84. The van der Waals surface area contributed by atoms with Crippen LogP contribution < -0.4 is 5.32 Å². The molecule has 4 aliphatic rings. The lowest BCUT2D eigenvalue weighted by molar-refractivity contribution is -0.127. The number of amides is 1. The Morgan fingerprint density at radius 3 is 2.50 bits per heavy atom. The molecule has 1 amide bonds. The molecule has 4 bridgehead atoms. The number of imidazole rings is 1. The molecule has 0 radical (unpaired) electrons. The van der Waals surface area contributed by atoms with E-state index in [1.54, 1.807) is 0 Å². The van der Waals surface area contributed by atoms with Crippen molar-refractivity contribution in [2.24, 2.45) is 17.8 Å². The zero-order chi connectivity index (χ0) is 16.1. The Balaban J connectivity index is 1.25. The number of hydrogen-bond donors (Lipinski definition) is 1. The van der Waals surface area contributed by atoms with Crippen molar-refractivity contribution in [2.45, 2.75) is 57.0 Å². The topological polar surface area (TPSA) is 46.9 Å². The number of aromatic nitrogens is 2. The molecular formula is C20H25N3O. The minimum atomic E-state index is 0.128. The average Bonchev–Trinajstić information content (AvgIpc) is 2.94. The van der Waals surface area contributed by atoms with Gasteiger partial charge in [0.1, 0.15) is 0 Å². The van der Waals surface area contributed by atoms with Crippen LogP contribution in [-0.4, -0.2) is 21.0 Å². The van der Waals surface area contributed by atoms with Crippen molar-refractivity contribution >= 4 is 16.9 Å². The molecule has 0 spiro atoms. The van der Waals surface area contributed by atoms with E-state index in [0.717, 1.165) is 28.8 Å². The van der Waals surface area contributed by atoms with Crippen molar-refractivity contribution < 1.29 is 4.79 Å². The maximum absolute atomic E-state index is 12.6. The molecular weight excluding hydrogens is 298 g/mol. The van der Waals surface area contributed by atoms with Crippen molar-refractivity contribution in [2.75, 3.05) is 0 Å². The minimum Gasteiger partial charge on any atom is -0.351 e. The molecule has 4 saturated carbocycles. The van der Waals surface area contributed by atoms with E-state index in [2.05, 4.69) is 20.9 Å². The minimum absolute atomic E-state index is 0.128. The van der Waals surface area contributed by atoms with Gasteiger partial charge in [0.2, 0.25) is 5.91 Å². The number of carbonyl (C=O) groups is 1. The first kappa shape index (κ1) is 14.5. The Labute approximate surface area is 142 Å². The largest absolute Gasteiger partial charge is 0.351 e. The zero-order valence-electron chi connectivity index (χ0n) is 14.1. The first-order chi connectivity index (χ1) is 11.7. The molecule has 6 rings (SSSR count). The molecule has 1 heterocycles. The molecule has 0 unspecified atom stereocenters. The summed E-state index contributed by atoms with van der Waals surface area (Å²) in [7, 11) is 0. The first-order valence-electron chi connectivity index (χ1n) is 9.40. The Kier molecular flexibility index (Phi) is 3.22. The molecule has 4 aliphatic carbocycles. The number of benzene rings is 1. The molecule has 4 nitrogen and oxygen atoms in total. The number of rotatable bonds is 4. The number of nitrogens with one attached hydrogen (secondary N) is 1. The van der Waals surface area contributed by atoms with Crippen molar-refractivity contribution in [1.82, 2.24) is 14.9 Å². The molecule has 1 N–H and O–H groups in total. The number of nitrogens with zero attached hydrogens (tertiary/aromatic N) is 2. The van der Waals surface area contributed by atoms with Gasteiger partial charge in [0, 0.05) is 18.5 Å². The standard InChI is InChI=1S/C20H25N3O/c24-19(5-6-23-13-21-17-3-1-2-4-18(17)23)22-20-10-14-7-15(11-20)9-16(8-14)12-20/h1-4,13-16H,5-12H2,(H,22,24). The summed E-state index contributed by atoms with van der Waals surface area (Å²) < 4.78 is 2.09. The molecule has 1 aromatic carbocycles. The lowest BCUT2D eigenvalue weighted by atomic mass is 9.53. The summed E-state index contributed by atoms with van der Waals surface area (Å²) in [4.78, 5) is 17.0. The summed E-state index contributed by atoms with van der Waals surface area (Å²) in [5, 5.41) is 3.46. The lowest BCUT2D eigenvalue weighted by Gasteiger charge is -2.56. The highest BCUT2D eigenvalue weighted by molar-refractivity contribution is 5.78. The highest BCUT2D eigenvalue weighted by Gasteiger charge is 2.51. The number of fused-ring (bicyclic) bond motifs is 1. The summed E-state index contributed by atoms with van der Waals surface area (Å²) in [5.74, 6) is 2.83. The van der Waals surface area contributed by atoms with Crippen LogP contribution in [0.3, 0.4) is 0 Å². The predicted molar refractivity (Wildman–Crippen MR) is 93.4 cm³/mol. The van der Waals surface area contributed by atoms with Crippen LogP contribution >= 0.6 is 0 Å². The van der Waals surface area contributed by atoms with E-state index >= 15 is 0 Å². The van der Waals surface area contributed by atoms with Crippen molar-refractivity contribution in [3.63, 3.8) is 0 Å². The monoisotopic (exact) mass is 323 g/mol. The van der Waals surface area contributed by atoms with Gasteiger partial charge in [-0.2, -0.15) is 0 Å². The van der Waals surface area contributed by atoms with E-state index in [4.69, 9.17) is 0 Å². The van der Waals surface area contributed by atoms with Crippen LogP contribution in [0.2, 0.25) is 0 Å². The van der Waals surface area contributed by atoms with Crippen LogP contribution in [0.15, 0.2) is 30.6 Å². The highest BCUT2D eigenvalue weighted by atomic mass is 16.1. The van der Waals surface area contributed by atoms with Gasteiger partial charge in [-0.05, 0) is 68.4 Å². The fourth-order valence-electron chi connectivity index (χ4n) is 6.03. The third-order valence-corrected chi connectivity index (χ3v) is 6.55. The maximum atomic E-state index is 12.6. The van der Waals surface area contributed by atoms with Crippen LogP contribution in [0.4, 0.5) is 0 Å². The second-order valence-corrected chi connectivity index (χ2v) is 8.42. The second kappa shape index (κ2) is 5.33. The highest BCUT2D eigenvalue weighted by Crippen LogP contribution is 2.55. The van der Waals surface area contributed by atoms with Gasteiger partial charge >= 0.3 is 0 Å². The first-order valence-corrected chi connectivity index (χ1v) is 9.40. The van der Waals surface area contributed by atoms with E-state index < -0.39 is 0 Å². The van der Waals surface area contributed by atoms with Gasteiger partial charge < -0.3 is 9.88 Å². The molecule has 126 valence electrons.